The lowest BCUT2D eigenvalue weighted by Gasteiger charge is -2.18. The van der Waals surface area contributed by atoms with Crippen molar-refractivity contribution >= 4 is 40.5 Å². The van der Waals surface area contributed by atoms with Gasteiger partial charge in [0.15, 0.2) is 0 Å². The highest BCUT2D eigenvalue weighted by Crippen LogP contribution is 2.41. The van der Waals surface area contributed by atoms with Gasteiger partial charge < -0.3 is 9.84 Å². The molecule has 3 rings (SSSR count). The summed E-state index contributed by atoms with van der Waals surface area (Å²) in [4.78, 5) is 38.0. The quantitative estimate of drug-likeness (QED) is 0.402. The van der Waals surface area contributed by atoms with Crippen LogP contribution in [-0.2, 0) is 9.59 Å². The molecule has 0 saturated heterocycles. The summed E-state index contributed by atoms with van der Waals surface area (Å²) in [5, 5.41) is 20.1. The smallest absolute Gasteiger partial charge is 0.272 e. The zero-order chi connectivity index (χ0) is 21.0. The standard InChI is InChI=1S/C20H18N2O6S/c1-2-28-16-6-4-3-5-15(16)21-19(24)17(18(20(21)25)29-12-11-23)13-7-9-14(10-8-13)22(26)27/h3-10,23H,2,11-12H2,1H3. The molecule has 1 heterocycles. The number of carbonyl (C=O) groups is 2. The fourth-order valence-electron chi connectivity index (χ4n) is 2.93. The Kier molecular flexibility index (Phi) is 6.30. The number of amides is 2. The number of hydrogen-bond acceptors (Lipinski definition) is 7. The van der Waals surface area contributed by atoms with E-state index in [1.807, 2.05) is 0 Å². The van der Waals surface area contributed by atoms with Crippen LogP contribution in [0.3, 0.4) is 0 Å². The minimum absolute atomic E-state index is 0.116. The Morgan fingerprint density at radius 2 is 1.79 bits per heavy atom. The van der Waals surface area contributed by atoms with Gasteiger partial charge in [0.05, 0.1) is 34.3 Å². The predicted molar refractivity (Wildman–Crippen MR) is 110 cm³/mol. The first-order valence-electron chi connectivity index (χ1n) is 8.83. The number of nitro benzene ring substituents is 1. The van der Waals surface area contributed by atoms with E-state index in [2.05, 4.69) is 0 Å². The highest BCUT2D eigenvalue weighted by molar-refractivity contribution is 8.04. The predicted octanol–water partition coefficient (Wildman–Crippen LogP) is 3.00. The average Bonchev–Trinajstić information content (AvgIpc) is 2.96. The molecule has 0 unspecified atom stereocenters. The Morgan fingerprint density at radius 3 is 2.41 bits per heavy atom. The van der Waals surface area contributed by atoms with Crippen LogP contribution in [0.4, 0.5) is 11.4 Å². The normalized spacial score (nSPS) is 13.9. The van der Waals surface area contributed by atoms with E-state index in [0.717, 1.165) is 16.7 Å². The molecule has 1 aliphatic heterocycles. The zero-order valence-electron chi connectivity index (χ0n) is 15.5. The van der Waals surface area contributed by atoms with Crippen molar-refractivity contribution in [1.82, 2.24) is 0 Å². The van der Waals surface area contributed by atoms with E-state index >= 15 is 0 Å². The van der Waals surface area contributed by atoms with Crippen molar-refractivity contribution in [3.05, 3.63) is 69.1 Å². The first kappa shape index (κ1) is 20.6. The number of carbonyl (C=O) groups excluding carboxylic acids is 2. The molecule has 0 fully saturated rings. The third kappa shape index (κ3) is 4.01. The Bertz CT molecular complexity index is 987. The van der Waals surface area contributed by atoms with E-state index in [1.165, 1.54) is 24.3 Å². The third-order valence-corrected chi connectivity index (χ3v) is 5.21. The number of non-ortho nitro benzene ring substituents is 1. The molecule has 1 N–H and O–H groups in total. The molecule has 2 aromatic carbocycles. The number of para-hydroxylation sites is 2. The Hall–Kier alpha value is -3.17. The molecule has 9 heteroatoms. The minimum Gasteiger partial charge on any atom is -0.492 e. The van der Waals surface area contributed by atoms with Crippen LogP contribution in [0.15, 0.2) is 53.4 Å². The number of nitro groups is 1. The minimum atomic E-state index is -0.545. The van der Waals surface area contributed by atoms with E-state index in [1.54, 1.807) is 31.2 Å². The second-order valence-electron chi connectivity index (χ2n) is 5.93. The van der Waals surface area contributed by atoms with Crippen LogP contribution in [0.2, 0.25) is 0 Å². The lowest BCUT2D eigenvalue weighted by Crippen LogP contribution is -2.31. The number of ether oxygens (including phenoxy) is 1. The summed E-state index contributed by atoms with van der Waals surface area (Å²) in [6.07, 6.45) is 0. The van der Waals surface area contributed by atoms with Crippen molar-refractivity contribution in [1.29, 1.82) is 0 Å². The fourth-order valence-corrected chi connectivity index (χ4v) is 3.79. The van der Waals surface area contributed by atoms with Crippen LogP contribution in [0, 0.1) is 10.1 Å². The first-order valence-corrected chi connectivity index (χ1v) is 9.81. The number of imide groups is 1. The van der Waals surface area contributed by atoms with Gasteiger partial charge in [-0.25, -0.2) is 4.90 Å². The monoisotopic (exact) mass is 414 g/mol. The van der Waals surface area contributed by atoms with Crippen LogP contribution in [0.1, 0.15) is 12.5 Å². The molecule has 1 aliphatic rings. The summed E-state index contributed by atoms with van der Waals surface area (Å²) < 4.78 is 5.56. The fraction of sp³-hybridized carbons (Fsp3) is 0.200. The van der Waals surface area contributed by atoms with E-state index in [9.17, 15) is 24.8 Å². The molecule has 150 valence electrons. The van der Waals surface area contributed by atoms with Crippen LogP contribution in [0.25, 0.3) is 5.57 Å². The summed E-state index contributed by atoms with van der Waals surface area (Å²) in [5.41, 5.74) is 0.748. The molecule has 2 amide bonds. The number of benzene rings is 2. The topological polar surface area (TPSA) is 110 Å². The molecule has 0 aliphatic carbocycles. The van der Waals surface area contributed by atoms with Gasteiger partial charge in [0.2, 0.25) is 0 Å². The van der Waals surface area contributed by atoms with Crippen LogP contribution in [-0.4, -0.2) is 40.8 Å². The van der Waals surface area contributed by atoms with Gasteiger partial charge in [-0.3, -0.25) is 19.7 Å². The molecule has 0 bridgehead atoms. The van der Waals surface area contributed by atoms with Gasteiger partial charge in [0.1, 0.15) is 5.75 Å². The average molecular weight is 414 g/mol. The highest BCUT2D eigenvalue weighted by atomic mass is 32.2. The third-order valence-electron chi connectivity index (χ3n) is 4.15. The lowest BCUT2D eigenvalue weighted by molar-refractivity contribution is -0.384. The molecular formula is C20H18N2O6S. The molecule has 0 radical (unpaired) electrons. The maximum Gasteiger partial charge on any atom is 0.272 e. The van der Waals surface area contributed by atoms with Crippen LogP contribution in [0.5, 0.6) is 5.75 Å². The largest absolute Gasteiger partial charge is 0.492 e. The van der Waals surface area contributed by atoms with E-state index in [-0.39, 0.29) is 28.5 Å². The van der Waals surface area contributed by atoms with E-state index in [4.69, 9.17) is 4.74 Å². The zero-order valence-corrected chi connectivity index (χ0v) is 16.3. The molecule has 0 atom stereocenters. The van der Waals surface area contributed by atoms with Gasteiger partial charge in [-0.05, 0) is 36.8 Å². The number of anilines is 1. The summed E-state index contributed by atoms with van der Waals surface area (Å²) >= 11 is 1.07. The molecule has 0 saturated carbocycles. The van der Waals surface area contributed by atoms with Gasteiger partial charge >= 0.3 is 0 Å². The highest BCUT2D eigenvalue weighted by Gasteiger charge is 2.41. The Balaban J connectivity index is 2.07. The van der Waals surface area contributed by atoms with Gasteiger partial charge in [-0.2, -0.15) is 0 Å². The number of nitrogens with zero attached hydrogens (tertiary/aromatic N) is 2. The summed E-state index contributed by atoms with van der Waals surface area (Å²) in [7, 11) is 0. The molecule has 2 aromatic rings. The molecule has 0 aromatic heterocycles. The Labute approximate surface area is 170 Å². The van der Waals surface area contributed by atoms with Crippen molar-refractivity contribution < 1.29 is 24.4 Å². The van der Waals surface area contributed by atoms with Gasteiger partial charge in [0.25, 0.3) is 17.5 Å². The number of hydrogen-bond donors (Lipinski definition) is 1. The Morgan fingerprint density at radius 1 is 1.10 bits per heavy atom. The lowest BCUT2D eigenvalue weighted by atomic mass is 10.1. The van der Waals surface area contributed by atoms with Crippen LogP contribution >= 0.6 is 11.8 Å². The number of rotatable bonds is 8. The second-order valence-corrected chi connectivity index (χ2v) is 7.03. The maximum absolute atomic E-state index is 13.2. The van der Waals surface area contributed by atoms with Crippen molar-refractivity contribution in [3.63, 3.8) is 0 Å². The van der Waals surface area contributed by atoms with Crippen molar-refractivity contribution in [2.24, 2.45) is 0 Å². The molecular weight excluding hydrogens is 396 g/mol. The SMILES string of the molecule is CCOc1ccccc1N1C(=O)C(SCCO)=C(c2ccc([N+](=O)[O-])cc2)C1=O. The van der Waals surface area contributed by atoms with Crippen molar-refractivity contribution in [2.75, 3.05) is 23.9 Å². The number of aliphatic hydroxyl groups is 1. The van der Waals surface area contributed by atoms with E-state index in [0.29, 0.717) is 23.6 Å². The summed E-state index contributed by atoms with van der Waals surface area (Å²) in [6.45, 7) is 1.99. The first-order chi connectivity index (χ1) is 14.0. The van der Waals surface area contributed by atoms with Crippen LogP contribution < -0.4 is 9.64 Å². The van der Waals surface area contributed by atoms with Crippen molar-refractivity contribution in [2.45, 2.75) is 6.92 Å². The molecule has 29 heavy (non-hydrogen) atoms. The molecule has 0 spiro atoms. The summed E-state index contributed by atoms with van der Waals surface area (Å²) in [6, 6.07) is 12.2. The van der Waals surface area contributed by atoms with E-state index < -0.39 is 16.7 Å². The molecule has 8 nitrogen and oxygen atoms in total. The van der Waals surface area contributed by atoms with Gasteiger partial charge in [0, 0.05) is 17.9 Å². The maximum atomic E-state index is 13.2. The van der Waals surface area contributed by atoms with Gasteiger partial charge in [-0.1, -0.05) is 12.1 Å². The van der Waals surface area contributed by atoms with Gasteiger partial charge in [-0.15, -0.1) is 11.8 Å². The number of aliphatic hydroxyl groups excluding tert-OH is 1. The second kappa shape index (κ2) is 8.89. The van der Waals surface area contributed by atoms with Crippen molar-refractivity contribution in [3.8, 4) is 5.75 Å². The summed E-state index contributed by atoms with van der Waals surface area (Å²) in [5.74, 6) is -0.440. The number of thioether (sulfide) groups is 1.